The summed E-state index contributed by atoms with van der Waals surface area (Å²) < 4.78 is 2.57. The van der Waals surface area contributed by atoms with Gasteiger partial charge in [0.15, 0.2) is 4.77 Å². The summed E-state index contributed by atoms with van der Waals surface area (Å²) in [5.41, 5.74) is 5.83. The molecule has 0 aliphatic heterocycles. The second-order valence-corrected chi connectivity index (χ2v) is 3.89. The van der Waals surface area contributed by atoms with Crippen molar-refractivity contribution in [1.29, 1.82) is 0 Å². The van der Waals surface area contributed by atoms with Gasteiger partial charge in [0.25, 0.3) is 0 Å². The van der Waals surface area contributed by atoms with Crippen LogP contribution in [0, 0.1) is 4.77 Å². The number of H-pyrrole nitrogens is 1. The number of aromatic nitrogens is 3. The fourth-order valence-corrected chi connectivity index (χ4v) is 2.32. The van der Waals surface area contributed by atoms with E-state index in [1.807, 2.05) is 4.57 Å². The van der Waals surface area contributed by atoms with Gasteiger partial charge in [0.05, 0.1) is 0 Å². The van der Waals surface area contributed by atoms with Gasteiger partial charge in [-0.05, 0) is 31.5 Å². The van der Waals surface area contributed by atoms with Crippen LogP contribution in [0.1, 0.15) is 40.0 Å². The van der Waals surface area contributed by atoms with Crippen molar-refractivity contribution in [2.45, 2.75) is 45.6 Å². The van der Waals surface area contributed by atoms with Gasteiger partial charge >= 0.3 is 0 Å². The molecule has 3 N–H and O–H groups in total. The minimum Gasteiger partial charge on any atom is -0.368 e. The summed E-state index contributed by atoms with van der Waals surface area (Å²) in [6, 6.07) is 0. The molecule has 1 rings (SSSR count). The summed E-state index contributed by atoms with van der Waals surface area (Å²) in [5, 5.41) is 6.69. The Morgan fingerprint density at radius 3 is 2.14 bits per heavy atom. The third-order valence-electron chi connectivity index (χ3n) is 3.15. The van der Waals surface area contributed by atoms with Crippen LogP contribution in [0.3, 0.4) is 0 Å². The fourth-order valence-electron chi connectivity index (χ4n) is 1.99. The Kier molecular flexibility index (Phi) is 3.31. The summed E-state index contributed by atoms with van der Waals surface area (Å²) in [5.74, 6) is 0.487. The first kappa shape index (κ1) is 11.2. The highest BCUT2D eigenvalue weighted by atomic mass is 32.1. The van der Waals surface area contributed by atoms with Crippen LogP contribution in [-0.4, -0.2) is 14.8 Å². The second-order valence-electron chi connectivity index (χ2n) is 3.51. The lowest BCUT2D eigenvalue weighted by Crippen LogP contribution is -2.32. The predicted molar refractivity (Wildman–Crippen MR) is 60.7 cm³/mol. The average Bonchev–Trinajstić information content (AvgIpc) is 2.53. The van der Waals surface area contributed by atoms with E-state index in [0.717, 1.165) is 19.3 Å². The smallest absolute Gasteiger partial charge is 0.221 e. The normalized spacial score (nSPS) is 11.9. The van der Waals surface area contributed by atoms with Gasteiger partial charge in [-0.3, -0.25) is 4.57 Å². The molecule has 0 radical (unpaired) electrons. The number of nitrogens with two attached hydrogens (primary N) is 1. The Morgan fingerprint density at radius 1 is 1.36 bits per heavy atom. The number of anilines is 1. The van der Waals surface area contributed by atoms with E-state index in [-0.39, 0.29) is 5.54 Å². The molecule has 0 saturated heterocycles. The highest BCUT2D eigenvalue weighted by Crippen LogP contribution is 2.30. The molecule has 1 heterocycles. The highest BCUT2D eigenvalue weighted by Gasteiger charge is 2.28. The zero-order valence-electron chi connectivity index (χ0n) is 9.00. The van der Waals surface area contributed by atoms with Gasteiger partial charge in [-0.1, -0.05) is 20.8 Å². The standard InChI is InChI=1S/C9H18N4S/c1-4-9(5-2,6-3)13-7(10)11-12-8(13)14/h4-6H2,1-3H3,(H2,10,11)(H,12,14). The van der Waals surface area contributed by atoms with Crippen LogP contribution in [0.15, 0.2) is 0 Å². The molecule has 0 aliphatic rings. The molecule has 14 heavy (non-hydrogen) atoms. The molecule has 0 fully saturated rings. The molecule has 0 spiro atoms. The van der Waals surface area contributed by atoms with E-state index in [1.165, 1.54) is 0 Å². The van der Waals surface area contributed by atoms with Crippen LogP contribution < -0.4 is 5.73 Å². The van der Waals surface area contributed by atoms with Crippen molar-refractivity contribution in [3.05, 3.63) is 4.77 Å². The van der Waals surface area contributed by atoms with E-state index < -0.39 is 0 Å². The van der Waals surface area contributed by atoms with E-state index in [4.69, 9.17) is 18.0 Å². The minimum atomic E-state index is 0.0220. The number of hydrogen-bond donors (Lipinski definition) is 2. The Labute approximate surface area is 89.5 Å². The summed E-state index contributed by atoms with van der Waals surface area (Å²) in [4.78, 5) is 0. The monoisotopic (exact) mass is 214 g/mol. The number of nitrogen functional groups attached to an aromatic ring is 1. The van der Waals surface area contributed by atoms with Gasteiger partial charge in [0.2, 0.25) is 5.95 Å². The number of rotatable bonds is 4. The van der Waals surface area contributed by atoms with E-state index >= 15 is 0 Å². The molecule has 0 amide bonds. The quantitative estimate of drug-likeness (QED) is 0.757. The third-order valence-corrected chi connectivity index (χ3v) is 3.42. The number of nitrogens with one attached hydrogen (secondary N) is 1. The van der Waals surface area contributed by atoms with E-state index in [9.17, 15) is 0 Å². The molecule has 4 nitrogen and oxygen atoms in total. The van der Waals surface area contributed by atoms with Gasteiger partial charge < -0.3 is 5.73 Å². The van der Waals surface area contributed by atoms with Crippen molar-refractivity contribution in [2.24, 2.45) is 0 Å². The predicted octanol–water partition coefficient (Wildman–Crippen LogP) is 2.45. The minimum absolute atomic E-state index is 0.0220. The second kappa shape index (κ2) is 4.13. The number of aromatic amines is 1. The molecular formula is C9H18N4S. The van der Waals surface area contributed by atoms with E-state index in [2.05, 4.69) is 31.0 Å². The van der Waals surface area contributed by atoms with Gasteiger partial charge in [-0.15, -0.1) is 5.10 Å². The number of nitrogens with zero attached hydrogens (tertiary/aromatic N) is 2. The summed E-state index contributed by atoms with van der Waals surface area (Å²) in [6.07, 6.45) is 3.04. The molecule has 80 valence electrons. The van der Waals surface area contributed by atoms with Crippen LogP contribution >= 0.6 is 12.2 Å². The molecule has 0 bridgehead atoms. The average molecular weight is 214 g/mol. The topological polar surface area (TPSA) is 59.6 Å². The first-order valence-electron chi connectivity index (χ1n) is 5.04. The molecule has 1 aromatic heterocycles. The van der Waals surface area contributed by atoms with E-state index in [0.29, 0.717) is 10.7 Å². The molecule has 5 heteroatoms. The van der Waals surface area contributed by atoms with Gasteiger partial charge in [-0.2, -0.15) is 0 Å². The molecule has 0 aromatic carbocycles. The summed E-state index contributed by atoms with van der Waals surface area (Å²) in [7, 11) is 0. The van der Waals surface area contributed by atoms with Gasteiger partial charge in [-0.25, -0.2) is 5.10 Å². The van der Waals surface area contributed by atoms with Crippen molar-refractivity contribution < 1.29 is 0 Å². The first-order chi connectivity index (χ1) is 6.61. The lowest BCUT2D eigenvalue weighted by atomic mass is 9.89. The van der Waals surface area contributed by atoms with Crippen LogP contribution in [0.5, 0.6) is 0 Å². The third kappa shape index (κ3) is 1.56. The van der Waals surface area contributed by atoms with Crippen molar-refractivity contribution >= 4 is 18.2 Å². The van der Waals surface area contributed by atoms with Crippen LogP contribution in [0.4, 0.5) is 5.95 Å². The molecule has 0 unspecified atom stereocenters. The first-order valence-corrected chi connectivity index (χ1v) is 5.45. The maximum atomic E-state index is 5.81. The Morgan fingerprint density at radius 2 is 1.86 bits per heavy atom. The van der Waals surface area contributed by atoms with Crippen LogP contribution in [0.25, 0.3) is 0 Å². The van der Waals surface area contributed by atoms with Crippen molar-refractivity contribution in [2.75, 3.05) is 5.73 Å². The maximum Gasteiger partial charge on any atom is 0.221 e. The number of hydrogen-bond acceptors (Lipinski definition) is 3. The fraction of sp³-hybridized carbons (Fsp3) is 0.778. The SMILES string of the molecule is CCC(CC)(CC)n1c(N)n[nH]c1=S. The van der Waals surface area contributed by atoms with Crippen molar-refractivity contribution in [3.63, 3.8) is 0 Å². The van der Waals surface area contributed by atoms with E-state index in [1.54, 1.807) is 0 Å². The Balaban J connectivity index is 3.30. The maximum absolute atomic E-state index is 5.81. The van der Waals surface area contributed by atoms with Crippen LogP contribution in [0.2, 0.25) is 0 Å². The Hall–Kier alpha value is -0.840. The zero-order chi connectivity index (χ0) is 10.8. The highest BCUT2D eigenvalue weighted by molar-refractivity contribution is 7.71. The molecule has 1 aromatic rings. The largest absolute Gasteiger partial charge is 0.368 e. The molecular weight excluding hydrogens is 196 g/mol. The van der Waals surface area contributed by atoms with Crippen molar-refractivity contribution in [1.82, 2.24) is 14.8 Å². The summed E-state index contributed by atoms with van der Waals surface area (Å²) >= 11 is 5.18. The Bertz CT molecular complexity index is 340. The molecule has 0 aliphatic carbocycles. The lowest BCUT2D eigenvalue weighted by molar-refractivity contribution is 0.251. The molecule has 0 atom stereocenters. The van der Waals surface area contributed by atoms with Gasteiger partial charge in [0, 0.05) is 5.54 Å². The molecule has 0 saturated carbocycles. The zero-order valence-corrected chi connectivity index (χ0v) is 9.82. The van der Waals surface area contributed by atoms with Gasteiger partial charge in [0.1, 0.15) is 0 Å². The van der Waals surface area contributed by atoms with Crippen molar-refractivity contribution in [3.8, 4) is 0 Å². The lowest BCUT2D eigenvalue weighted by Gasteiger charge is -2.32. The van der Waals surface area contributed by atoms with Crippen LogP contribution in [-0.2, 0) is 5.54 Å². The summed E-state index contributed by atoms with van der Waals surface area (Å²) in [6.45, 7) is 6.46.